The minimum Gasteiger partial charge on any atom is -0.291 e. The Hall–Kier alpha value is -0.990. The van der Waals surface area contributed by atoms with Crippen molar-refractivity contribution in [3.05, 3.63) is 12.2 Å². The third kappa shape index (κ3) is 0.559. The lowest BCUT2D eigenvalue weighted by atomic mass is 10.3. The Morgan fingerprint density at radius 2 is 1.62 bits per heavy atom. The van der Waals surface area contributed by atoms with Crippen molar-refractivity contribution in [1.29, 1.82) is 0 Å². The molecule has 0 N–H and O–H groups in total. The molecule has 0 aliphatic heterocycles. The maximum absolute atomic E-state index is 11.9. The first-order valence-electron chi connectivity index (χ1n) is 2.11. The second-order valence-corrected chi connectivity index (χ2v) is 1.50. The summed E-state index contributed by atoms with van der Waals surface area (Å²) in [5.74, 6) is -1.48. The minimum atomic E-state index is -1.91. The Morgan fingerprint density at radius 1 is 1.25 bits per heavy atom. The average molecular weight is 114 g/mol. The molecule has 0 aromatic heterocycles. The summed E-state index contributed by atoms with van der Waals surface area (Å²) in [6.45, 7) is 0. The van der Waals surface area contributed by atoms with Gasteiger partial charge in [-0.15, -0.1) is 0 Å². The first-order valence-corrected chi connectivity index (χ1v) is 2.11. The van der Waals surface area contributed by atoms with Gasteiger partial charge in [-0.1, -0.05) is 0 Å². The first kappa shape index (κ1) is 5.15. The Morgan fingerprint density at radius 3 is 1.75 bits per heavy atom. The van der Waals surface area contributed by atoms with E-state index in [2.05, 4.69) is 0 Å². The van der Waals surface area contributed by atoms with Crippen LogP contribution < -0.4 is 0 Å². The van der Waals surface area contributed by atoms with E-state index in [-0.39, 0.29) is 0 Å². The van der Waals surface area contributed by atoms with Crippen molar-refractivity contribution in [1.82, 2.24) is 0 Å². The van der Waals surface area contributed by atoms with Gasteiger partial charge >= 0.3 is 0 Å². The zero-order valence-corrected chi connectivity index (χ0v) is 3.93. The summed E-state index contributed by atoms with van der Waals surface area (Å²) in [5, 5.41) is 0. The molecule has 0 aromatic rings. The molecule has 0 aromatic carbocycles. The number of hydrogen-bond donors (Lipinski definition) is 0. The second kappa shape index (κ2) is 1.51. The van der Waals surface area contributed by atoms with Crippen molar-refractivity contribution in [2.24, 2.45) is 0 Å². The molecule has 0 saturated heterocycles. The monoisotopic (exact) mass is 114 g/mol. The number of alkyl halides is 1. The molecule has 0 saturated carbocycles. The Labute approximate surface area is 45.0 Å². The molecule has 0 heterocycles. The standard InChI is InChI=1S/C5H3FO2/c6-5-3(7)1-2-4(5)8/h1-2,5H. The van der Waals surface area contributed by atoms with Crippen LogP contribution in [0.1, 0.15) is 0 Å². The van der Waals surface area contributed by atoms with E-state index in [1.165, 1.54) is 0 Å². The molecule has 3 heteroatoms. The number of carbonyl (C=O) groups is 2. The van der Waals surface area contributed by atoms with Crippen LogP contribution in [0.5, 0.6) is 0 Å². The first-order chi connectivity index (χ1) is 3.72. The van der Waals surface area contributed by atoms with Crippen LogP contribution in [-0.4, -0.2) is 17.7 Å². The van der Waals surface area contributed by atoms with E-state index < -0.39 is 17.7 Å². The van der Waals surface area contributed by atoms with Gasteiger partial charge in [0.25, 0.3) is 0 Å². The highest BCUT2D eigenvalue weighted by Gasteiger charge is 2.26. The van der Waals surface area contributed by atoms with E-state index >= 15 is 0 Å². The summed E-state index contributed by atoms with van der Waals surface area (Å²) in [5.41, 5.74) is 0. The number of allylic oxidation sites excluding steroid dienone is 2. The molecular weight excluding hydrogens is 111 g/mol. The quantitative estimate of drug-likeness (QED) is 0.416. The van der Waals surface area contributed by atoms with Crippen molar-refractivity contribution in [3.63, 3.8) is 0 Å². The van der Waals surface area contributed by atoms with E-state index in [9.17, 15) is 14.0 Å². The number of carbonyl (C=O) groups excluding carboxylic acids is 2. The van der Waals surface area contributed by atoms with Gasteiger partial charge in [0.05, 0.1) is 0 Å². The average Bonchev–Trinajstić information content (AvgIpc) is 1.98. The smallest absolute Gasteiger partial charge is 0.224 e. The van der Waals surface area contributed by atoms with Gasteiger partial charge in [-0.2, -0.15) is 0 Å². The lowest BCUT2D eigenvalue weighted by Gasteiger charge is -1.86. The number of hydrogen-bond acceptors (Lipinski definition) is 2. The van der Waals surface area contributed by atoms with Gasteiger partial charge in [0.2, 0.25) is 6.17 Å². The Balaban J connectivity index is 2.84. The summed E-state index contributed by atoms with van der Waals surface area (Å²) >= 11 is 0. The van der Waals surface area contributed by atoms with E-state index in [1.807, 2.05) is 0 Å². The molecule has 0 spiro atoms. The molecule has 0 atom stereocenters. The number of ketones is 2. The van der Waals surface area contributed by atoms with Gasteiger partial charge in [0.1, 0.15) is 0 Å². The normalized spacial score (nSPS) is 20.6. The van der Waals surface area contributed by atoms with Gasteiger partial charge in [-0.05, 0) is 12.2 Å². The fourth-order valence-corrected chi connectivity index (χ4v) is 0.473. The zero-order valence-electron chi connectivity index (χ0n) is 3.93. The summed E-state index contributed by atoms with van der Waals surface area (Å²) in [6.07, 6.45) is -0.00463. The zero-order chi connectivity index (χ0) is 6.15. The van der Waals surface area contributed by atoms with Crippen molar-refractivity contribution >= 4 is 11.6 Å². The number of rotatable bonds is 0. The fourth-order valence-electron chi connectivity index (χ4n) is 0.473. The molecule has 0 amide bonds. The molecule has 0 radical (unpaired) electrons. The van der Waals surface area contributed by atoms with Crippen molar-refractivity contribution in [3.8, 4) is 0 Å². The van der Waals surface area contributed by atoms with Gasteiger partial charge in [-0.3, -0.25) is 9.59 Å². The van der Waals surface area contributed by atoms with Crippen molar-refractivity contribution in [2.45, 2.75) is 6.17 Å². The van der Waals surface area contributed by atoms with Gasteiger partial charge in [-0.25, -0.2) is 4.39 Å². The molecule has 1 aliphatic carbocycles. The summed E-state index contributed by atoms with van der Waals surface area (Å²) in [4.78, 5) is 20.2. The largest absolute Gasteiger partial charge is 0.291 e. The number of halogens is 1. The van der Waals surface area contributed by atoms with Crippen LogP contribution in [0.3, 0.4) is 0 Å². The maximum Gasteiger partial charge on any atom is 0.224 e. The van der Waals surface area contributed by atoms with Crippen LogP contribution in [0.2, 0.25) is 0 Å². The van der Waals surface area contributed by atoms with E-state index in [1.54, 1.807) is 0 Å². The highest BCUT2D eigenvalue weighted by molar-refractivity contribution is 6.21. The summed E-state index contributed by atoms with van der Waals surface area (Å²) < 4.78 is 11.9. The molecule has 0 unspecified atom stereocenters. The van der Waals surface area contributed by atoms with E-state index in [0.717, 1.165) is 12.2 Å². The third-order valence-electron chi connectivity index (χ3n) is 0.911. The molecular formula is C5H3FO2. The molecule has 1 aliphatic rings. The lowest BCUT2D eigenvalue weighted by molar-refractivity contribution is -0.126. The van der Waals surface area contributed by atoms with Gasteiger partial charge in [0.15, 0.2) is 11.6 Å². The van der Waals surface area contributed by atoms with Crippen LogP contribution >= 0.6 is 0 Å². The highest BCUT2D eigenvalue weighted by Crippen LogP contribution is 2.04. The lowest BCUT2D eigenvalue weighted by Crippen LogP contribution is -2.15. The maximum atomic E-state index is 11.9. The van der Waals surface area contributed by atoms with Crippen LogP contribution in [0, 0.1) is 0 Å². The van der Waals surface area contributed by atoms with E-state index in [0.29, 0.717) is 0 Å². The third-order valence-corrected chi connectivity index (χ3v) is 0.911. The fraction of sp³-hybridized carbons (Fsp3) is 0.200. The SMILES string of the molecule is O=C1C=CC(=O)C1F. The Kier molecular flexibility index (Phi) is 0.970. The predicted molar refractivity (Wildman–Crippen MR) is 24.0 cm³/mol. The van der Waals surface area contributed by atoms with Crippen LogP contribution in [0.4, 0.5) is 4.39 Å². The highest BCUT2D eigenvalue weighted by atomic mass is 19.1. The molecule has 0 bridgehead atoms. The molecule has 1 rings (SSSR count). The van der Waals surface area contributed by atoms with Crippen LogP contribution in [-0.2, 0) is 9.59 Å². The summed E-state index contributed by atoms with van der Waals surface area (Å²) in [6, 6.07) is 0. The van der Waals surface area contributed by atoms with Gasteiger partial charge in [0, 0.05) is 0 Å². The van der Waals surface area contributed by atoms with Crippen molar-refractivity contribution in [2.75, 3.05) is 0 Å². The Bertz CT molecular complexity index is 153. The topological polar surface area (TPSA) is 34.1 Å². The van der Waals surface area contributed by atoms with E-state index in [4.69, 9.17) is 0 Å². The van der Waals surface area contributed by atoms with Crippen LogP contribution in [0.15, 0.2) is 12.2 Å². The molecule has 8 heavy (non-hydrogen) atoms. The molecule has 42 valence electrons. The molecule has 2 nitrogen and oxygen atoms in total. The van der Waals surface area contributed by atoms with Crippen molar-refractivity contribution < 1.29 is 14.0 Å². The van der Waals surface area contributed by atoms with Crippen LogP contribution in [0.25, 0.3) is 0 Å². The minimum absolute atomic E-state index is 0.741. The predicted octanol–water partition coefficient (Wildman–Crippen LogP) is 0.0325. The second-order valence-electron chi connectivity index (χ2n) is 1.50. The molecule has 0 fully saturated rings. The van der Waals surface area contributed by atoms with Gasteiger partial charge < -0.3 is 0 Å². The summed E-state index contributed by atoms with van der Waals surface area (Å²) in [7, 11) is 0.